The summed E-state index contributed by atoms with van der Waals surface area (Å²) in [6.07, 6.45) is 2.22. The summed E-state index contributed by atoms with van der Waals surface area (Å²) in [4.78, 5) is 10.8. The first-order valence-corrected chi connectivity index (χ1v) is 9.29. The van der Waals surface area contributed by atoms with E-state index in [-0.39, 0.29) is 24.1 Å². The van der Waals surface area contributed by atoms with Crippen LogP contribution in [0.5, 0.6) is 11.5 Å². The Morgan fingerprint density at radius 2 is 1.96 bits per heavy atom. The Balaban J connectivity index is 1.98. The summed E-state index contributed by atoms with van der Waals surface area (Å²) in [5, 5.41) is 18.8. The van der Waals surface area contributed by atoms with E-state index >= 15 is 0 Å². The minimum atomic E-state index is -1.01. The van der Waals surface area contributed by atoms with Gasteiger partial charge in [-0.2, -0.15) is 0 Å². The minimum Gasteiger partial charge on any atom is -0.508 e. The first-order valence-electron chi connectivity index (χ1n) is 9.29. The van der Waals surface area contributed by atoms with Gasteiger partial charge >= 0.3 is 5.97 Å². The van der Waals surface area contributed by atoms with Crippen LogP contribution < -0.4 is 4.74 Å². The van der Waals surface area contributed by atoms with E-state index in [9.17, 15) is 14.3 Å². The van der Waals surface area contributed by atoms with Crippen LogP contribution in [0.3, 0.4) is 0 Å². The van der Waals surface area contributed by atoms with Crippen LogP contribution in [-0.4, -0.2) is 22.8 Å². The topological polar surface area (TPSA) is 66.8 Å². The van der Waals surface area contributed by atoms with E-state index in [1.165, 1.54) is 0 Å². The molecule has 0 bridgehead atoms. The highest BCUT2D eigenvalue weighted by molar-refractivity contribution is 5.68. The van der Waals surface area contributed by atoms with Gasteiger partial charge in [0.15, 0.2) is 6.61 Å². The number of halogens is 1. The van der Waals surface area contributed by atoms with Gasteiger partial charge in [-0.15, -0.1) is 0 Å². The summed E-state index contributed by atoms with van der Waals surface area (Å²) in [5.74, 6) is -0.562. The van der Waals surface area contributed by atoms with E-state index in [0.717, 1.165) is 29.5 Å². The summed E-state index contributed by atoms with van der Waals surface area (Å²) in [7, 11) is 0. The molecule has 1 aliphatic carbocycles. The molecule has 4 nitrogen and oxygen atoms in total. The number of fused-ring (bicyclic) bond motifs is 1. The zero-order valence-corrected chi connectivity index (χ0v) is 15.9. The molecule has 3 rings (SSSR count). The molecule has 2 N–H and O–H groups in total. The van der Waals surface area contributed by atoms with Crippen molar-refractivity contribution < 1.29 is 24.1 Å². The number of aliphatic carboxylic acids is 1. The van der Waals surface area contributed by atoms with Crippen LogP contribution in [0.1, 0.15) is 66.8 Å². The Morgan fingerprint density at radius 3 is 2.63 bits per heavy atom. The molecule has 0 radical (unpaired) electrons. The third kappa shape index (κ3) is 3.77. The second-order valence-corrected chi connectivity index (χ2v) is 7.54. The van der Waals surface area contributed by atoms with Crippen molar-refractivity contribution in [1.82, 2.24) is 0 Å². The Bertz CT molecular complexity index is 873. The highest BCUT2D eigenvalue weighted by Gasteiger charge is 2.26. The van der Waals surface area contributed by atoms with Crippen molar-refractivity contribution in [2.75, 3.05) is 6.61 Å². The van der Waals surface area contributed by atoms with Crippen LogP contribution in [0.25, 0.3) is 0 Å². The van der Waals surface area contributed by atoms with Crippen molar-refractivity contribution in [2.45, 2.75) is 51.9 Å². The molecular weight excluding hydrogens is 347 g/mol. The van der Waals surface area contributed by atoms with Crippen molar-refractivity contribution in [3.8, 4) is 11.5 Å². The van der Waals surface area contributed by atoms with Crippen molar-refractivity contribution >= 4 is 5.97 Å². The Hall–Kier alpha value is -2.56. The van der Waals surface area contributed by atoms with E-state index in [2.05, 4.69) is 6.92 Å². The Labute approximate surface area is 158 Å². The van der Waals surface area contributed by atoms with Gasteiger partial charge in [-0.05, 0) is 59.1 Å². The number of hydrogen-bond donors (Lipinski definition) is 2. The van der Waals surface area contributed by atoms with Crippen LogP contribution in [0.15, 0.2) is 24.3 Å². The molecule has 0 saturated heterocycles. The molecular formula is C22H25FO4. The summed E-state index contributed by atoms with van der Waals surface area (Å²) >= 11 is 0. The maximum absolute atomic E-state index is 15.0. The minimum absolute atomic E-state index is 0.0118. The molecule has 27 heavy (non-hydrogen) atoms. The predicted octanol–water partition coefficient (Wildman–Crippen LogP) is 4.76. The van der Waals surface area contributed by atoms with Crippen LogP contribution >= 0.6 is 0 Å². The van der Waals surface area contributed by atoms with Gasteiger partial charge in [0.2, 0.25) is 0 Å². The number of carboxylic acid groups (broad SMARTS) is 1. The van der Waals surface area contributed by atoms with Crippen molar-refractivity contribution in [1.29, 1.82) is 0 Å². The second-order valence-electron chi connectivity index (χ2n) is 7.54. The van der Waals surface area contributed by atoms with Crippen LogP contribution in [0.2, 0.25) is 0 Å². The standard InChI is InChI=1S/C22H25FO4/c1-12(2)20-17(24)8-5-15(22(20)23)10-14-6-9-18(27-11-19(25)26)16-7-4-13(3)21(14)16/h5-6,8-9,12-13,24H,4,7,10-11H2,1-3H3,(H,25,26). The average Bonchev–Trinajstić information content (AvgIpc) is 2.98. The predicted molar refractivity (Wildman–Crippen MR) is 101 cm³/mol. The highest BCUT2D eigenvalue weighted by atomic mass is 19.1. The average molecular weight is 372 g/mol. The van der Waals surface area contributed by atoms with Crippen LogP contribution in [0, 0.1) is 5.82 Å². The molecule has 0 amide bonds. The van der Waals surface area contributed by atoms with E-state index in [1.807, 2.05) is 19.9 Å². The van der Waals surface area contributed by atoms with E-state index in [0.29, 0.717) is 29.2 Å². The molecule has 0 fully saturated rings. The fraction of sp³-hybridized carbons (Fsp3) is 0.409. The number of rotatable bonds is 6. The third-order valence-corrected chi connectivity index (χ3v) is 5.27. The fourth-order valence-corrected chi connectivity index (χ4v) is 4.02. The number of hydrogen-bond acceptors (Lipinski definition) is 3. The summed E-state index contributed by atoms with van der Waals surface area (Å²) < 4.78 is 20.4. The Morgan fingerprint density at radius 1 is 1.26 bits per heavy atom. The summed E-state index contributed by atoms with van der Waals surface area (Å²) in [6.45, 7) is 5.47. The zero-order chi connectivity index (χ0) is 19.7. The van der Waals surface area contributed by atoms with Crippen LogP contribution in [0.4, 0.5) is 4.39 Å². The lowest BCUT2D eigenvalue weighted by molar-refractivity contribution is -0.139. The maximum atomic E-state index is 15.0. The first-order chi connectivity index (χ1) is 12.8. The summed E-state index contributed by atoms with van der Waals surface area (Å²) in [5.41, 5.74) is 4.09. The number of carbonyl (C=O) groups is 1. The maximum Gasteiger partial charge on any atom is 0.341 e. The van der Waals surface area contributed by atoms with Crippen molar-refractivity contribution in [3.63, 3.8) is 0 Å². The SMILES string of the molecule is CC(C)c1c(O)ccc(Cc2ccc(OCC(=O)O)c3c2C(C)CC3)c1F. The lowest BCUT2D eigenvalue weighted by atomic mass is 9.90. The molecule has 1 atom stereocenters. The molecule has 0 saturated carbocycles. The summed E-state index contributed by atoms with van der Waals surface area (Å²) in [6, 6.07) is 6.88. The number of ether oxygens (including phenoxy) is 1. The number of aromatic hydroxyl groups is 1. The van der Waals surface area contributed by atoms with E-state index in [1.54, 1.807) is 18.2 Å². The molecule has 0 spiro atoms. The van der Waals surface area contributed by atoms with Gasteiger partial charge < -0.3 is 14.9 Å². The molecule has 2 aromatic rings. The number of phenolic OH excluding ortho intramolecular Hbond substituents is 1. The monoisotopic (exact) mass is 372 g/mol. The molecule has 0 aromatic heterocycles. The van der Waals surface area contributed by atoms with Gasteiger partial charge in [0.25, 0.3) is 0 Å². The highest BCUT2D eigenvalue weighted by Crippen LogP contribution is 2.41. The quantitative estimate of drug-likeness (QED) is 0.767. The van der Waals surface area contributed by atoms with E-state index in [4.69, 9.17) is 9.84 Å². The van der Waals surface area contributed by atoms with Crippen molar-refractivity contribution in [2.24, 2.45) is 0 Å². The zero-order valence-electron chi connectivity index (χ0n) is 15.9. The van der Waals surface area contributed by atoms with Gasteiger partial charge in [-0.3, -0.25) is 0 Å². The molecule has 2 aromatic carbocycles. The number of carboxylic acids is 1. The molecule has 5 heteroatoms. The van der Waals surface area contributed by atoms with Gasteiger partial charge in [-0.25, -0.2) is 9.18 Å². The number of benzene rings is 2. The molecule has 0 aliphatic heterocycles. The lowest BCUT2D eigenvalue weighted by Crippen LogP contribution is -2.11. The number of phenols is 1. The second kappa shape index (κ2) is 7.59. The largest absolute Gasteiger partial charge is 0.508 e. The van der Waals surface area contributed by atoms with Gasteiger partial charge in [0.1, 0.15) is 17.3 Å². The Kier molecular flexibility index (Phi) is 5.40. The lowest BCUT2D eigenvalue weighted by Gasteiger charge is -2.18. The molecule has 1 unspecified atom stereocenters. The van der Waals surface area contributed by atoms with E-state index < -0.39 is 5.97 Å². The third-order valence-electron chi connectivity index (χ3n) is 5.27. The van der Waals surface area contributed by atoms with Gasteiger partial charge in [0, 0.05) is 12.0 Å². The van der Waals surface area contributed by atoms with Crippen molar-refractivity contribution in [3.05, 3.63) is 57.9 Å². The smallest absolute Gasteiger partial charge is 0.341 e. The molecule has 0 heterocycles. The van der Waals surface area contributed by atoms with Gasteiger partial charge in [-0.1, -0.05) is 32.9 Å². The molecule has 1 aliphatic rings. The fourth-order valence-electron chi connectivity index (χ4n) is 4.02. The molecule has 144 valence electrons. The first kappa shape index (κ1) is 19.2. The van der Waals surface area contributed by atoms with Crippen LogP contribution in [-0.2, 0) is 17.6 Å². The van der Waals surface area contributed by atoms with Gasteiger partial charge in [0.05, 0.1) is 0 Å². The normalized spacial score (nSPS) is 15.8.